The van der Waals surface area contributed by atoms with Crippen molar-refractivity contribution < 1.29 is 4.79 Å². The first kappa shape index (κ1) is 16.2. The monoisotopic (exact) mass is 300 g/mol. The maximum atomic E-state index is 12.2. The summed E-state index contributed by atoms with van der Waals surface area (Å²) in [5.41, 5.74) is 7.91. The molecule has 1 aromatic heterocycles. The van der Waals surface area contributed by atoms with Gasteiger partial charge in [0.2, 0.25) is 5.91 Å². The zero-order valence-corrected chi connectivity index (χ0v) is 13.4. The van der Waals surface area contributed by atoms with Crippen LogP contribution in [0.5, 0.6) is 0 Å². The molecule has 1 amide bonds. The highest BCUT2D eigenvalue weighted by molar-refractivity contribution is 5.82. The van der Waals surface area contributed by atoms with Crippen LogP contribution >= 0.6 is 0 Å². The van der Waals surface area contributed by atoms with Gasteiger partial charge in [-0.1, -0.05) is 32.0 Å². The lowest BCUT2D eigenvalue weighted by atomic mass is 10.0. The van der Waals surface area contributed by atoms with E-state index < -0.39 is 6.04 Å². The number of nitrogens with two attached hydrogens (primary N) is 1. The second kappa shape index (κ2) is 7.22. The second-order valence-electron chi connectivity index (χ2n) is 5.98. The molecule has 1 heterocycles. The van der Waals surface area contributed by atoms with Gasteiger partial charge in [0, 0.05) is 12.4 Å². The molecule has 22 heavy (non-hydrogen) atoms. The van der Waals surface area contributed by atoms with E-state index in [9.17, 15) is 4.79 Å². The number of carbonyl (C=O) groups excluding carboxylic acids is 1. The number of hydrogen-bond acceptors (Lipinski definition) is 3. The Morgan fingerprint density at radius 1 is 1.27 bits per heavy atom. The van der Waals surface area contributed by atoms with Crippen molar-refractivity contribution in [1.82, 2.24) is 15.1 Å². The number of nitrogens with one attached hydrogen (secondary N) is 1. The molecule has 0 spiro atoms. The van der Waals surface area contributed by atoms with Crippen LogP contribution in [-0.4, -0.2) is 21.7 Å². The lowest BCUT2D eigenvalue weighted by Crippen LogP contribution is -2.42. The van der Waals surface area contributed by atoms with Crippen LogP contribution in [0.2, 0.25) is 0 Å². The number of aromatic nitrogens is 2. The third-order valence-electron chi connectivity index (χ3n) is 3.58. The van der Waals surface area contributed by atoms with E-state index in [1.807, 2.05) is 43.5 Å². The normalized spacial score (nSPS) is 13.9. The van der Waals surface area contributed by atoms with Crippen molar-refractivity contribution in [3.05, 3.63) is 48.3 Å². The molecule has 0 aliphatic rings. The van der Waals surface area contributed by atoms with Crippen LogP contribution in [0.25, 0.3) is 5.69 Å². The number of nitrogens with zero attached hydrogens (tertiary/aromatic N) is 2. The molecule has 3 N–H and O–H groups in total. The van der Waals surface area contributed by atoms with Crippen molar-refractivity contribution in [2.75, 3.05) is 0 Å². The van der Waals surface area contributed by atoms with Crippen LogP contribution in [-0.2, 0) is 4.79 Å². The first-order chi connectivity index (χ1) is 10.5. The molecule has 2 aromatic rings. The summed E-state index contributed by atoms with van der Waals surface area (Å²) in [6.45, 7) is 6.08. The van der Waals surface area contributed by atoms with Crippen LogP contribution in [0, 0.1) is 5.92 Å². The van der Waals surface area contributed by atoms with Crippen molar-refractivity contribution in [3.63, 3.8) is 0 Å². The van der Waals surface area contributed by atoms with Gasteiger partial charge in [0.25, 0.3) is 0 Å². The van der Waals surface area contributed by atoms with Gasteiger partial charge in [0.1, 0.15) is 0 Å². The van der Waals surface area contributed by atoms with E-state index in [0.717, 1.165) is 11.3 Å². The number of rotatable bonds is 6. The zero-order valence-electron chi connectivity index (χ0n) is 13.4. The Morgan fingerprint density at radius 2 is 2.00 bits per heavy atom. The Bertz CT molecular complexity index is 607. The Hall–Kier alpha value is -2.14. The van der Waals surface area contributed by atoms with Gasteiger partial charge in [0.15, 0.2) is 0 Å². The minimum atomic E-state index is -0.473. The molecule has 5 heteroatoms. The molecule has 0 fully saturated rings. The maximum absolute atomic E-state index is 12.2. The average molecular weight is 300 g/mol. The van der Waals surface area contributed by atoms with Gasteiger partial charge in [-0.15, -0.1) is 0 Å². The highest BCUT2D eigenvalue weighted by atomic mass is 16.2. The van der Waals surface area contributed by atoms with Crippen LogP contribution < -0.4 is 11.1 Å². The molecule has 2 rings (SSSR count). The van der Waals surface area contributed by atoms with Gasteiger partial charge in [0.05, 0.1) is 17.8 Å². The summed E-state index contributed by atoms with van der Waals surface area (Å²) in [6, 6.07) is 9.16. The van der Waals surface area contributed by atoms with Gasteiger partial charge in [-0.2, -0.15) is 5.10 Å². The van der Waals surface area contributed by atoms with E-state index >= 15 is 0 Å². The lowest BCUT2D eigenvalue weighted by molar-refractivity contribution is -0.123. The summed E-state index contributed by atoms with van der Waals surface area (Å²) in [7, 11) is 0. The number of benzene rings is 1. The Balaban J connectivity index is 2.13. The summed E-state index contributed by atoms with van der Waals surface area (Å²) in [5.74, 6) is 0.281. The topological polar surface area (TPSA) is 72.9 Å². The summed E-state index contributed by atoms with van der Waals surface area (Å²) in [5, 5.41) is 7.26. The van der Waals surface area contributed by atoms with Crippen LogP contribution in [0.4, 0.5) is 0 Å². The van der Waals surface area contributed by atoms with E-state index in [2.05, 4.69) is 24.3 Å². The second-order valence-corrected chi connectivity index (χ2v) is 5.98. The largest absolute Gasteiger partial charge is 0.348 e. The quantitative estimate of drug-likeness (QED) is 0.860. The molecular formula is C17H24N4O. The standard InChI is InChI=1S/C17H24N4O/c1-12(2)11-15(18)17(22)20-13(3)14-7-4-5-8-16(14)21-10-6-9-19-21/h4-10,12-13,15H,11,18H2,1-3H3,(H,20,22)/t13?,15-/m0/s1. The molecule has 0 bridgehead atoms. The SMILES string of the molecule is CC(C)C[C@H](N)C(=O)NC(C)c1ccccc1-n1cccn1. The third kappa shape index (κ3) is 3.95. The van der Waals surface area contributed by atoms with Crippen molar-refractivity contribution >= 4 is 5.91 Å². The molecule has 0 radical (unpaired) electrons. The fraction of sp³-hybridized carbons (Fsp3) is 0.412. The summed E-state index contributed by atoms with van der Waals surface area (Å²) < 4.78 is 1.80. The number of para-hydroxylation sites is 1. The van der Waals surface area contributed by atoms with Gasteiger partial charge < -0.3 is 11.1 Å². The average Bonchev–Trinajstić information content (AvgIpc) is 3.00. The van der Waals surface area contributed by atoms with Crippen LogP contribution in [0.1, 0.15) is 38.8 Å². The lowest BCUT2D eigenvalue weighted by Gasteiger charge is -2.21. The summed E-state index contributed by atoms with van der Waals surface area (Å²) in [6.07, 6.45) is 4.30. The van der Waals surface area contributed by atoms with Crippen molar-refractivity contribution in [2.45, 2.75) is 39.3 Å². The molecule has 0 aliphatic carbocycles. The zero-order chi connectivity index (χ0) is 16.1. The highest BCUT2D eigenvalue weighted by Crippen LogP contribution is 2.21. The summed E-state index contributed by atoms with van der Waals surface area (Å²) >= 11 is 0. The maximum Gasteiger partial charge on any atom is 0.237 e. The van der Waals surface area contributed by atoms with Crippen molar-refractivity contribution in [3.8, 4) is 5.69 Å². The molecule has 118 valence electrons. The predicted molar refractivity (Wildman–Crippen MR) is 87.6 cm³/mol. The molecular weight excluding hydrogens is 276 g/mol. The van der Waals surface area contributed by atoms with E-state index in [4.69, 9.17) is 5.73 Å². The van der Waals surface area contributed by atoms with E-state index in [-0.39, 0.29) is 11.9 Å². The van der Waals surface area contributed by atoms with Crippen LogP contribution in [0.15, 0.2) is 42.7 Å². The fourth-order valence-corrected chi connectivity index (χ4v) is 2.49. The van der Waals surface area contributed by atoms with E-state index in [0.29, 0.717) is 12.3 Å². The molecule has 1 unspecified atom stereocenters. The number of carbonyl (C=O) groups is 1. The molecule has 0 saturated heterocycles. The van der Waals surface area contributed by atoms with E-state index in [1.54, 1.807) is 10.9 Å². The fourth-order valence-electron chi connectivity index (χ4n) is 2.49. The Kier molecular flexibility index (Phi) is 5.33. The third-order valence-corrected chi connectivity index (χ3v) is 3.58. The predicted octanol–water partition coefficient (Wildman–Crippen LogP) is 2.42. The molecule has 2 atom stereocenters. The Morgan fingerprint density at radius 3 is 2.64 bits per heavy atom. The van der Waals surface area contributed by atoms with Crippen LogP contribution in [0.3, 0.4) is 0 Å². The Labute approximate surface area is 131 Å². The minimum Gasteiger partial charge on any atom is -0.348 e. The van der Waals surface area contributed by atoms with Crippen molar-refractivity contribution in [2.24, 2.45) is 11.7 Å². The van der Waals surface area contributed by atoms with Gasteiger partial charge in [-0.25, -0.2) is 4.68 Å². The first-order valence-corrected chi connectivity index (χ1v) is 7.64. The first-order valence-electron chi connectivity index (χ1n) is 7.64. The number of amides is 1. The van der Waals surface area contributed by atoms with Gasteiger partial charge in [-0.05, 0) is 37.0 Å². The smallest absolute Gasteiger partial charge is 0.237 e. The summed E-state index contributed by atoms with van der Waals surface area (Å²) in [4.78, 5) is 12.2. The molecule has 0 saturated carbocycles. The molecule has 1 aromatic carbocycles. The van der Waals surface area contributed by atoms with Gasteiger partial charge >= 0.3 is 0 Å². The van der Waals surface area contributed by atoms with Gasteiger partial charge in [-0.3, -0.25) is 4.79 Å². The molecule has 5 nitrogen and oxygen atoms in total. The van der Waals surface area contributed by atoms with E-state index in [1.165, 1.54) is 0 Å². The minimum absolute atomic E-state index is 0.114. The number of hydrogen-bond donors (Lipinski definition) is 2. The van der Waals surface area contributed by atoms with Crippen molar-refractivity contribution in [1.29, 1.82) is 0 Å². The highest BCUT2D eigenvalue weighted by Gasteiger charge is 2.19. The molecule has 0 aliphatic heterocycles.